The molecule has 1 amide bonds. The number of amides is 1. The molecule has 184 valence electrons. The van der Waals surface area contributed by atoms with E-state index in [1.165, 1.54) is 0 Å². The van der Waals surface area contributed by atoms with Gasteiger partial charge in [0.1, 0.15) is 12.4 Å². The summed E-state index contributed by atoms with van der Waals surface area (Å²) in [5.41, 5.74) is 8.09. The molecule has 1 heterocycles. The van der Waals surface area contributed by atoms with Crippen LogP contribution in [0, 0.1) is 0 Å². The van der Waals surface area contributed by atoms with Gasteiger partial charge < -0.3 is 34.7 Å². The van der Waals surface area contributed by atoms with Gasteiger partial charge >= 0.3 is 5.97 Å². The largest absolute Gasteiger partial charge is 0.491 e. The van der Waals surface area contributed by atoms with Crippen LogP contribution in [0.5, 0.6) is 5.75 Å². The van der Waals surface area contributed by atoms with E-state index in [0.717, 1.165) is 11.3 Å². The fraction of sp³-hybridized carbons (Fsp3) is 0.440. The molecule has 1 saturated heterocycles. The van der Waals surface area contributed by atoms with Gasteiger partial charge in [-0.3, -0.25) is 9.59 Å². The number of esters is 1. The van der Waals surface area contributed by atoms with Crippen LogP contribution in [-0.2, 0) is 29.5 Å². The van der Waals surface area contributed by atoms with Gasteiger partial charge in [-0.2, -0.15) is 0 Å². The maximum absolute atomic E-state index is 11.7. The van der Waals surface area contributed by atoms with Crippen LogP contribution in [0.25, 0.3) is 0 Å². The van der Waals surface area contributed by atoms with Crippen molar-refractivity contribution in [3.63, 3.8) is 0 Å². The van der Waals surface area contributed by atoms with Gasteiger partial charge in [0, 0.05) is 35.5 Å². The molecule has 2 aromatic carbocycles. The minimum Gasteiger partial charge on any atom is -0.491 e. The Labute approximate surface area is 199 Å². The van der Waals surface area contributed by atoms with Crippen molar-refractivity contribution < 1.29 is 33.3 Å². The summed E-state index contributed by atoms with van der Waals surface area (Å²) in [6.07, 6.45) is 0.970. The van der Waals surface area contributed by atoms with Crippen LogP contribution in [0.4, 0.5) is 11.4 Å². The third-order valence-corrected chi connectivity index (χ3v) is 5.24. The number of carbonyl (C=O) groups excluding carboxylic acids is 2. The minimum absolute atomic E-state index is 0.207. The molecule has 9 nitrogen and oxygen atoms in total. The Balaban J connectivity index is 1.52. The molecule has 9 heteroatoms. The lowest BCUT2D eigenvalue weighted by Gasteiger charge is -2.26. The third kappa shape index (κ3) is 7.18. The predicted molar refractivity (Wildman–Crippen MR) is 126 cm³/mol. The maximum atomic E-state index is 11.7. The van der Waals surface area contributed by atoms with Gasteiger partial charge in [0.25, 0.3) is 0 Å². The lowest BCUT2D eigenvalue weighted by molar-refractivity contribution is -0.149. The summed E-state index contributed by atoms with van der Waals surface area (Å²) >= 11 is 0. The van der Waals surface area contributed by atoms with Gasteiger partial charge in [0.05, 0.1) is 26.4 Å². The van der Waals surface area contributed by atoms with E-state index < -0.39 is 11.7 Å². The zero-order valence-corrected chi connectivity index (χ0v) is 19.6. The Morgan fingerprint density at radius 3 is 2.47 bits per heavy atom. The number of primary amides is 1. The molecule has 0 atom stereocenters. The number of hydrogen-bond acceptors (Lipinski definition) is 8. The first kappa shape index (κ1) is 25.5. The maximum Gasteiger partial charge on any atom is 0.305 e. The number of ether oxygens (including phenoxy) is 5. The molecule has 3 rings (SSSR count). The summed E-state index contributed by atoms with van der Waals surface area (Å²) in [5.74, 6) is -0.930. The van der Waals surface area contributed by atoms with E-state index in [2.05, 4.69) is 5.32 Å². The number of hydrogen-bond donors (Lipinski definition) is 2. The average Bonchev–Trinajstić information content (AvgIpc) is 3.27. The number of rotatable bonds is 13. The minimum atomic E-state index is -0.905. The van der Waals surface area contributed by atoms with Gasteiger partial charge in [-0.15, -0.1) is 0 Å². The van der Waals surface area contributed by atoms with E-state index in [-0.39, 0.29) is 5.97 Å². The molecule has 0 unspecified atom stereocenters. The Morgan fingerprint density at radius 2 is 1.79 bits per heavy atom. The smallest absolute Gasteiger partial charge is 0.305 e. The highest BCUT2D eigenvalue weighted by Gasteiger charge is 2.35. The van der Waals surface area contributed by atoms with E-state index in [4.69, 9.17) is 29.4 Å². The highest BCUT2D eigenvalue weighted by molar-refractivity contribution is 5.94. The molecule has 0 spiro atoms. The highest BCUT2D eigenvalue weighted by Crippen LogP contribution is 2.37. The lowest BCUT2D eigenvalue weighted by atomic mass is 10.0. The van der Waals surface area contributed by atoms with E-state index in [0.29, 0.717) is 69.5 Å². The fourth-order valence-electron chi connectivity index (χ4n) is 3.53. The summed E-state index contributed by atoms with van der Waals surface area (Å²) in [6.45, 7) is 6.31. The standard InChI is InChI=1S/C25H32N2O7/c1-3-31-23(28)5-4-12-30-13-14-32-20-9-7-19(8-10-20)27-22-17-18(24(26)29)6-11-21(22)25(2)33-15-16-34-25/h6-11,17,27H,3-5,12-16H2,1-2H3,(H2,26,29). The lowest BCUT2D eigenvalue weighted by Crippen LogP contribution is -2.24. The number of nitrogens with one attached hydrogen (secondary N) is 1. The summed E-state index contributed by atoms with van der Waals surface area (Å²) < 4.78 is 27.6. The number of nitrogens with two attached hydrogens (primary N) is 1. The van der Waals surface area contributed by atoms with Crippen LogP contribution in [0.1, 0.15) is 42.6 Å². The molecule has 0 aliphatic carbocycles. The molecule has 3 N–H and O–H groups in total. The SMILES string of the molecule is CCOC(=O)CCCOCCOc1ccc(Nc2cc(C(N)=O)ccc2C2(C)OCCO2)cc1. The van der Waals surface area contributed by atoms with Crippen molar-refractivity contribution in [1.29, 1.82) is 0 Å². The summed E-state index contributed by atoms with van der Waals surface area (Å²) in [7, 11) is 0. The summed E-state index contributed by atoms with van der Waals surface area (Å²) in [4.78, 5) is 23.0. The first-order valence-electron chi connectivity index (χ1n) is 11.4. The topological polar surface area (TPSA) is 118 Å². The van der Waals surface area contributed by atoms with Crippen molar-refractivity contribution in [2.24, 2.45) is 5.73 Å². The van der Waals surface area contributed by atoms with Gasteiger partial charge in [-0.1, -0.05) is 6.07 Å². The molecule has 0 bridgehead atoms. The van der Waals surface area contributed by atoms with Crippen LogP contribution in [-0.4, -0.2) is 51.5 Å². The Morgan fingerprint density at radius 1 is 1.06 bits per heavy atom. The molecule has 34 heavy (non-hydrogen) atoms. The number of benzene rings is 2. The molecular weight excluding hydrogens is 440 g/mol. The van der Waals surface area contributed by atoms with Crippen LogP contribution in [0.15, 0.2) is 42.5 Å². The van der Waals surface area contributed by atoms with Crippen LogP contribution >= 0.6 is 0 Å². The summed E-state index contributed by atoms with van der Waals surface area (Å²) in [6, 6.07) is 12.6. The highest BCUT2D eigenvalue weighted by atomic mass is 16.7. The van der Waals surface area contributed by atoms with E-state index in [1.54, 1.807) is 25.1 Å². The van der Waals surface area contributed by atoms with Gasteiger partial charge in [0.2, 0.25) is 5.91 Å². The molecule has 0 saturated carbocycles. The van der Waals surface area contributed by atoms with Crippen molar-refractivity contribution in [2.75, 3.05) is 45.0 Å². The number of carbonyl (C=O) groups is 2. The molecule has 0 aromatic heterocycles. The fourth-order valence-corrected chi connectivity index (χ4v) is 3.53. The second kappa shape index (κ2) is 12.4. The summed E-state index contributed by atoms with van der Waals surface area (Å²) in [5, 5.41) is 3.32. The first-order chi connectivity index (χ1) is 16.4. The normalized spacial score (nSPS) is 14.5. The molecular formula is C25H32N2O7. The molecule has 0 radical (unpaired) electrons. The van der Waals surface area contributed by atoms with E-state index >= 15 is 0 Å². The van der Waals surface area contributed by atoms with Crippen molar-refractivity contribution in [3.8, 4) is 5.75 Å². The molecule has 1 aliphatic rings. The van der Waals surface area contributed by atoms with E-state index in [1.807, 2.05) is 31.2 Å². The van der Waals surface area contributed by atoms with E-state index in [9.17, 15) is 9.59 Å². The second-order valence-corrected chi connectivity index (χ2v) is 7.79. The van der Waals surface area contributed by atoms with Crippen molar-refractivity contribution in [3.05, 3.63) is 53.6 Å². The Bertz CT molecular complexity index is 956. The van der Waals surface area contributed by atoms with Crippen molar-refractivity contribution in [1.82, 2.24) is 0 Å². The van der Waals surface area contributed by atoms with Crippen molar-refractivity contribution >= 4 is 23.3 Å². The quantitative estimate of drug-likeness (QED) is 0.336. The van der Waals surface area contributed by atoms with Crippen molar-refractivity contribution in [2.45, 2.75) is 32.5 Å². The van der Waals surface area contributed by atoms with Crippen LogP contribution in [0.2, 0.25) is 0 Å². The zero-order chi connectivity index (χ0) is 24.4. The second-order valence-electron chi connectivity index (χ2n) is 7.79. The third-order valence-electron chi connectivity index (χ3n) is 5.24. The molecule has 1 aliphatic heterocycles. The zero-order valence-electron chi connectivity index (χ0n) is 19.6. The average molecular weight is 473 g/mol. The van der Waals surface area contributed by atoms with Gasteiger partial charge in [-0.25, -0.2) is 0 Å². The predicted octanol–water partition coefficient (Wildman–Crippen LogP) is 3.49. The number of anilines is 2. The first-order valence-corrected chi connectivity index (χ1v) is 11.4. The van der Waals surface area contributed by atoms with Gasteiger partial charge in [0.15, 0.2) is 5.79 Å². The Hall–Kier alpha value is -3.14. The Kier molecular flexibility index (Phi) is 9.26. The molecule has 1 fully saturated rings. The molecule has 2 aromatic rings. The van der Waals surface area contributed by atoms with Gasteiger partial charge in [-0.05, 0) is 56.7 Å². The monoisotopic (exact) mass is 472 g/mol. The van der Waals surface area contributed by atoms with Crippen LogP contribution < -0.4 is 15.8 Å². The van der Waals surface area contributed by atoms with Crippen LogP contribution in [0.3, 0.4) is 0 Å².